The van der Waals surface area contributed by atoms with Gasteiger partial charge in [0.25, 0.3) is 0 Å². The van der Waals surface area contributed by atoms with Crippen molar-refractivity contribution in [2.75, 3.05) is 6.54 Å². The molecule has 6 heteroatoms. The summed E-state index contributed by atoms with van der Waals surface area (Å²) in [4.78, 5) is 13.1. The number of aliphatic imine (C=N–C) groups is 1. The molecule has 0 saturated heterocycles. The number of allylic oxidation sites excluding steroid dienone is 1. The van der Waals surface area contributed by atoms with Crippen LogP contribution in [0.2, 0.25) is 0 Å². The molecule has 72 valence electrons. The minimum Gasteiger partial charge on any atom is -0.388 e. The molecule has 1 aliphatic rings. The van der Waals surface area contributed by atoms with E-state index >= 15 is 0 Å². The van der Waals surface area contributed by atoms with Crippen LogP contribution in [0.25, 0.3) is 0 Å². The molecule has 0 amide bonds. The van der Waals surface area contributed by atoms with Crippen molar-refractivity contribution in [2.45, 2.75) is 18.4 Å². The van der Waals surface area contributed by atoms with Crippen LogP contribution in [0, 0.1) is 10.1 Å². The number of hydrogen-bond acceptors (Lipinski definition) is 5. The van der Waals surface area contributed by atoms with Crippen molar-refractivity contribution in [2.24, 2.45) is 10.7 Å². The van der Waals surface area contributed by atoms with Gasteiger partial charge in [0.1, 0.15) is 0 Å². The Balaban J connectivity index is 2.32. The highest BCUT2D eigenvalue weighted by atomic mass is 16.6. The second kappa shape index (κ2) is 3.53. The van der Waals surface area contributed by atoms with E-state index < -0.39 is 16.3 Å². The first-order chi connectivity index (χ1) is 6.03. The minimum absolute atomic E-state index is 0.286. The zero-order valence-electron chi connectivity index (χ0n) is 7.01. The van der Waals surface area contributed by atoms with Crippen molar-refractivity contribution in [3.8, 4) is 0 Å². The molecule has 0 atom stereocenters. The molecule has 1 saturated carbocycles. The summed E-state index contributed by atoms with van der Waals surface area (Å²) < 4.78 is 0. The summed E-state index contributed by atoms with van der Waals surface area (Å²) in [5.41, 5.74) is 4.33. The molecule has 3 N–H and O–H groups in total. The molecule has 0 aliphatic heterocycles. The van der Waals surface area contributed by atoms with Gasteiger partial charge >= 0.3 is 5.82 Å². The molecule has 0 bridgehead atoms. The number of nitrogens with two attached hydrogens (primary N) is 1. The van der Waals surface area contributed by atoms with E-state index in [4.69, 9.17) is 5.73 Å². The zero-order chi connectivity index (χ0) is 9.90. The van der Waals surface area contributed by atoms with Gasteiger partial charge in [-0.05, 0) is 17.8 Å². The maximum absolute atomic E-state index is 10.0. The smallest absolute Gasteiger partial charge is 0.315 e. The van der Waals surface area contributed by atoms with Crippen LogP contribution in [0.1, 0.15) is 12.8 Å². The van der Waals surface area contributed by atoms with E-state index in [2.05, 4.69) is 4.99 Å². The first-order valence-electron chi connectivity index (χ1n) is 3.86. The van der Waals surface area contributed by atoms with E-state index in [-0.39, 0.29) is 6.54 Å². The second-order valence-electron chi connectivity index (χ2n) is 3.06. The van der Waals surface area contributed by atoms with Crippen LogP contribution in [0.5, 0.6) is 0 Å². The Hall–Kier alpha value is -1.43. The second-order valence-corrected chi connectivity index (χ2v) is 3.06. The lowest BCUT2D eigenvalue weighted by atomic mass is 10.3. The summed E-state index contributed by atoms with van der Waals surface area (Å²) in [7, 11) is 0. The third kappa shape index (κ3) is 3.20. The first kappa shape index (κ1) is 9.66. The Kier molecular flexibility index (Phi) is 2.62. The van der Waals surface area contributed by atoms with Gasteiger partial charge < -0.3 is 15.2 Å². The van der Waals surface area contributed by atoms with Gasteiger partial charge in [-0.3, -0.25) is 10.7 Å². The van der Waals surface area contributed by atoms with E-state index in [1.807, 2.05) is 0 Å². The highest BCUT2D eigenvalue weighted by molar-refractivity contribution is 5.71. The quantitative estimate of drug-likeness (QED) is 0.355. The number of aliphatic hydroxyl groups is 1. The van der Waals surface area contributed by atoms with Crippen LogP contribution in [0.15, 0.2) is 16.9 Å². The summed E-state index contributed by atoms with van der Waals surface area (Å²) in [5.74, 6) is -0.452. The van der Waals surface area contributed by atoms with Crippen molar-refractivity contribution in [1.82, 2.24) is 0 Å². The van der Waals surface area contributed by atoms with Crippen LogP contribution < -0.4 is 5.73 Å². The number of nitrogens with zero attached hydrogens (tertiary/aromatic N) is 2. The normalized spacial score (nSPS) is 20.5. The van der Waals surface area contributed by atoms with Crippen molar-refractivity contribution >= 4 is 6.21 Å². The fourth-order valence-corrected chi connectivity index (χ4v) is 0.715. The van der Waals surface area contributed by atoms with Crippen molar-refractivity contribution in [3.05, 3.63) is 22.0 Å². The summed E-state index contributed by atoms with van der Waals surface area (Å²) in [5, 5.41) is 19.3. The number of nitro groups is 1. The molecule has 1 rings (SSSR count). The van der Waals surface area contributed by atoms with E-state index in [9.17, 15) is 15.2 Å². The average molecular weight is 185 g/mol. The fraction of sp³-hybridized carbons (Fsp3) is 0.571. The zero-order valence-corrected chi connectivity index (χ0v) is 7.01. The lowest BCUT2D eigenvalue weighted by Gasteiger charge is -1.99. The molecule has 0 aromatic carbocycles. The minimum atomic E-state index is -0.697. The molecule has 0 aromatic rings. The molecule has 1 fully saturated rings. The summed E-state index contributed by atoms with van der Waals surface area (Å²) in [6.45, 7) is 0.286. The lowest BCUT2D eigenvalue weighted by Crippen LogP contribution is -2.11. The van der Waals surface area contributed by atoms with Crippen molar-refractivity contribution < 1.29 is 10.0 Å². The van der Waals surface area contributed by atoms with Crippen LogP contribution in [-0.2, 0) is 0 Å². The van der Waals surface area contributed by atoms with Crippen molar-refractivity contribution in [1.29, 1.82) is 0 Å². The van der Waals surface area contributed by atoms with E-state index in [1.54, 1.807) is 0 Å². The van der Waals surface area contributed by atoms with E-state index in [0.717, 1.165) is 18.9 Å². The van der Waals surface area contributed by atoms with E-state index in [0.29, 0.717) is 0 Å². The third-order valence-electron chi connectivity index (χ3n) is 1.77. The Bertz CT molecular complexity index is 268. The Morgan fingerprint density at radius 2 is 2.38 bits per heavy atom. The monoisotopic (exact) mass is 185 g/mol. The van der Waals surface area contributed by atoms with Gasteiger partial charge in [-0.1, -0.05) is 0 Å². The molecule has 0 unspecified atom stereocenters. The van der Waals surface area contributed by atoms with Gasteiger partial charge in [0, 0.05) is 12.3 Å². The molecule has 0 radical (unpaired) electrons. The molecule has 6 nitrogen and oxygen atoms in total. The molecule has 0 aromatic heterocycles. The van der Waals surface area contributed by atoms with Gasteiger partial charge in [0.05, 0.1) is 12.1 Å². The van der Waals surface area contributed by atoms with Gasteiger partial charge in [0.15, 0.2) is 0 Å². The predicted octanol–water partition coefficient (Wildman–Crippen LogP) is -0.341. The Morgan fingerprint density at radius 1 is 1.77 bits per heavy atom. The number of hydrogen-bond donors (Lipinski definition) is 2. The van der Waals surface area contributed by atoms with Crippen LogP contribution in [0.3, 0.4) is 0 Å². The highest BCUT2D eigenvalue weighted by Gasteiger charge is 2.39. The van der Waals surface area contributed by atoms with Gasteiger partial charge in [-0.2, -0.15) is 0 Å². The maximum Gasteiger partial charge on any atom is 0.315 e. The largest absolute Gasteiger partial charge is 0.388 e. The molecule has 0 heterocycles. The van der Waals surface area contributed by atoms with Gasteiger partial charge in [-0.15, -0.1) is 0 Å². The van der Waals surface area contributed by atoms with Crippen molar-refractivity contribution in [3.63, 3.8) is 0 Å². The third-order valence-corrected chi connectivity index (χ3v) is 1.77. The average Bonchev–Trinajstić information content (AvgIpc) is 2.78. The maximum atomic E-state index is 10.0. The fourth-order valence-electron chi connectivity index (χ4n) is 0.715. The van der Waals surface area contributed by atoms with Crippen LogP contribution in [-0.4, -0.2) is 28.4 Å². The summed E-state index contributed by atoms with van der Waals surface area (Å²) in [6, 6.07) is 0. The molecule has 0 spiro atoms. The molecular weight excluding hydrogens is 174 g/mol. The van der Waals surface area contributed by atoms with Gasteiger partial charge in [0.2, 0.25) is 0 Å². The van der Waals surface area contributed by atoms with Crippen LogP contribution >= 0.6 is 0 Å². The molecule has 1 aliphatic carbocycles. The standard InChI is InChI=1S/C7H11N3O3/c8-6(10(12)13)1-4-9-5-7(11)2-3-7/h1,4,11H,2-3,5,8H2/b6-1+,9-4?. The number of rotatable bonds is 4. The first-order valence-corrected chi connectivity index (χ1v) is 3.86. The Morgan fingerprint density at radius 3 is 2.85 bits per heavy atom. The molecular formula is C7H11N3O3. The SMILES string of the molecule is N/C(=C\C=NCC1(O)CC1)[N+](=O)[O-]. The molecule has 13 heavy (non-hydrogen) atoms. The van der Waals surface area contributed by atoms with Gasteiger partial charge in [-0.25, -0.2) is 0 Å². The predicted molar refractivity (Wildman–Crippen MR) is 46.8 cm³/mol. The van der Waals surface area contributed by atoms with E-state index in [1.165, 1.54) is 6.21 Å². The van der Waals surface area contributed by atoms with Crippen LogP contribution in [0.4, 0.5) is 0 Å². The summed E-state index contributed by atoms with van der Waals surface area (Å²) in [6.07, 6.45) is 3.84. The Labute approximate surface area is 74.9 Å². The topological polar surface area (TPSA) is 102 Å². The highest BCUT2D eigenvalue weighted by Crippen LogP contribution is 2.34. The summed E-state index contributed by atoms with van der Waals surface area (Å²) >= 11 is 0. The lowest BCUT2D eigenvalue weighted by molar-refractivity contribution is -0.426.